The van der Waals surface area contributed by atoms with Gasteiger partial charge in [-0.15, -0.1) is 0 Å². The fourth-order valence-corrected chi connectivity index (χ4v) is 3.27. The SMILES string of the molecule is CC1(C)CN(S(C)(=O)=O)c2cc(CCN)ccc2O1. The number of sulfonamides is 1. The van der Waals surface area contributed by atoms with Gasteiger partial charge in [-0.05, 0) is 44.5 Å². The molecular formula is C13H20N2O3S. The van der Waals surface area contributed by atoms with Crippen molar-refractivity contribution in [1.29, 1.82) is 0 Å². The first kappa shape index (κ1) is 14.1. The van der Waals surface area contributed by atoms with Crippen molar-refractivity contribution in [3.63, 3.8) is 0 Å². The van der Waals surface area contributed by atoms with Crippen LogP contribution < -0.4 is 14.8 Å². The van der Waals surface area contributed by atoms with Gasteiger partial charge in [0.15, 0.2) is 0 Å². The molecular weight excluding hydrogens is 264 g/mol. The third-order valence-corrected chi connectivity index (χ3v) is 4.16. The van der Waals surface area contributed by atoms with E-state index >= 15 is 0 Å². The number of anilines is 1. The number of nitrogens with two attached hydrogens (primary N) is 1. The molecule has 1 aliphatic rings. The third kappa shape index (κ3) is 3.01. The van der Waals surface area contributed by atoms with Gasteiger partial charge in [-0.25, -0.2) is 8.42 Å². The van der Waals surface area contributed by atoms with Gasteiger partial charge < -0.3 is 10.5 Å². The Labute approximate surface area is 114 Å². The number of rotatable bonds is 3. The van der Waals surface area contributed by atoms with Crippen molar-refractivity contribution in [2.45, 2.75) is 25.9 Å². The molecule has 1 aromatic carbocycles. The van der Waals surface area contributed by atoms with E-state index in [9.17, 15) is 8.42 Å². The highest BCUT2D eigenvalue weighted by atomic mass is 32.2. The van der Waals surface area contributed by atoms with Crippen LogP contribution in [0.15, 0.2) is 18.2 Å². The summed E-state index contributed by atoms with van der Waals surface area (Å²) in [6, 6.07) is 5.59. The number of benzene rings is 1. The van der Waals surface area contributed by atoms with E-state index in [1.165, 1.54) is 10.6 Å². The van der Waals surface area contributed by atoms with Gasteiger partial charge in [0.2, 0.25) is 10.0 Å². The maximum absolute atomic E-state index is 12.0. The molecule has 6 heteroatoms. The highest BCUT2D eigenvalue weighted by molar-refractivity contribution is 7.92. The van der Waals surface area contributed by atoms with Crippen molar-refractivity contribution in [3.8, 4) is 5.75 Å². The zero-order valence-corrected chi connectivity index (χ0v) is 12.3. The van der Waals surface area contributed by atoms with Crippen LogP contribution in [0.25, 0.3) is 0 Å². The second-order valence-electron chi connectivity index (χ2n) is 5.47. The Morgan fingerprint density at radius 3 is 2.68 bits per heavy atom. The second kappa shape index (κ2) is 4.68. The summed E-state index contributed by atoms with van der Waals surface area (Å²) in [7, 11) is -3.32. The van der Waals surface area contributed by atoms with Crippen LogP contribution >= 0.6 is 0 Å². The number of hydrogen-bond donors (Lipinski definition) is 1. The van der Waals surface area contributed by atoms with Crippen LogP contribution in [0.2, 0.25) is 0 Å². The Balaban J connectivity index is 2.52. The topological polar surface area (TPSA) is 72.6 Å². The summed E-state index contributed by atoms with van der Waals surface area (Å²) in [6.45, 7) is 4.60. The van der Waals surface area contributed by atoms with Crippen LogP contribution in [-0.2, 0) is 16.4 Å². The van der Waals surface area contributed by atoms with Crippen LogP contribution in [0.3, 0.4) is 0 Å². The summed E-state index contributed by atoms with van der Waals surface area (Å²) in [6.07, 6.45) is 1.93. The van der Waals surface area contributed by atoms with Crippen molar-refractivity contribution in [2.75, 3.05) is 23.7 Å². The zero-order chi connectivity index (χ0) is 14.3. The van der Waals surface area contributed by atoms with E-state index < -0.39 is 15.6 Å². The quantitative estimate of drug-likeness (QED) is 0.903. The minimum atomic E-state index is -3.32. The van der Waals surface area contributed by atoms with Crippen LogP contribution in [0.1, 0.15) is 19.4 Å². The van der Waals surface area contributed by atoms with Crippen molar-refractivity contribution in [2.24, 2.45) is 5.73 Å². The molecule has 19 heavy (non-hydrogen) atoms. The molecule has 0 unspecified atom stereocenters. The predicted octanol–water partition coefficient (Wildman–Crippen LogP) is 1.12. The summed E-state index contributed by atoms with van der Waals surface area (Å²) >= 11 is 0. The first-order valence-electron chi connectivity index (χ1n) is 6.23. The lowest BCUT2D eigenvalue weighted by Crippen LogP contribution is -2.49. The van der Waals surface area contributed by atoms with Crippen LogP contribution in [-0.4, -0.2) is 33.4 Å². The van der Waals surface area contributed by atoms with Gasteiger partial charge in [0.05, 0.1) is 18.5 Å². The molecule has 0 spiro atoms. The molecule has 0 fully saturated rings. The van der Waals surface area contributed by atoms with Crippen LogP contribution in [0.5, 0.6) is 5.75 Å². The van der Waals surface area contributed by atoms with E-state index in [2.05, 4.69) is 0 Å². The second-order valence-corrected chi connectivity index (χ2v) is 7.38. The molecule has 2 rings (SSSR count). The monoisotopic (exact) mass is 284 g/mol. The standard InChI is InChI=1S/C13H20N2O3S/c1-13(2)9-15(19(3,16)17)11-8-10(6-7-14)4-5-12(11)18-13/h4-5,8H,6-7,9,14H2,1-3H3. The molecule has 0 aromatic heterocycles. The molecule has 2 N–H and O–H groups in total. The maximum atomic E-state index is 12.0. The first-order chi connectivity index (χ1) is 8.73. The molecule has 1 aromatic rings. The van der Waals surface area contributed by atoms with E-state index in [-0.39, 0.29) is 0 Å². The molecule has 0 radical (unpaired) electrons. The Hall–Kier alpha value is -1.27. The lowest BCUT2D eigenvalue weighted by atomic mass is 10.0. The Morgan fingerprint density at radius 1 is 1.42 bits per heavy atom. The van der Waals surface area contributed by atoms with Gasteiger partial charge in [-0.3, -0.25) is 4.31 Å². The van der Waals surface area contributed by atoms with Crippen molar-refractivity contribution in [1.82, 2.24) is 0 Å². The average Bonchev–Trinajstić information content (AvgIpc) is 2.27. The van der Waals surface area contributed by atoms with E-state index in [0.29, 0.717) is 30.9 Å². The normalized spacial score (nSPS) is 17.8. The molecule has 0 saturated carbocycles. The van der Waals surface area contributed by atoms with Crippen molar-refractivity contribution >= 4 is 15.7 Å². The van der Waals surface area contributed by atoms with E-state index in [1.807, 2.05) is 32.0 Å². The highest BCUT2D eigenvalue weighted by Gasteiger charge is 2.35. The molecule has 5 nitrogen and oxygen atoms in total. The number of nitrogens with zero attached hydrogens (tertiary/aromatic N) is 1. The summed E-state index contributed by atoms with van der Waals surface area (Å²) in [4.78, 5) is 0. The predicted molar refractivity (Wildman–Crippen MR) is 76.1 cm³/mol. The third-order valence-electron chi connectivity index (χ3n) is 3.04. The Kier molecular flexibility index (Phi) is 3.49. The fraction of sp³-hybridized carbons (Fsp3) is 0.538. The first-order valence-corrected chi connectivity index (χ1v) is 8.07. The highest BCUT2D eigenvalue weighted by Crippen LogP contribution is 2.38. The van der Waals surface area contributed by atoms with Crippen LogP contribution in [0, 0.1) is 0 Å². The smallest absolute Gasteiger partial charge is 0.232 e. The van der Waals surface area contributed by atoms with Gasteiger partial charge in [-0.2, -0.15) is 0 Å². The van der Waals surface area contributed by atoms with Gasteiger partial charge in [0, 0.05) is 0 Å². The van der Waals surface area contributed by atoms with Gasteiger partial charge in [0.25, 0.3) is 0 Å². The lowest BCUT2D eigenvalue weighted by Gasteiger charge is -2.39. The molecule has 0 atom stereocenters. The number of ether oxygens (including phenoxy) is 1. The van der Waals surface area contributed by atoms with Crippen molar-refractivity contribution in [3.05, 3.63) is 23.8 Å². The summed E-state index contributed by atoms with van der Waals surface area (Å²) < 4.78 is 31.2. The number of fused-ring (bicyclic) bond motifs is 1. The van der Waals surface area contributed by atoms with E-state index in [0.717, 1.165) is 5.56 Å². The molecule has 1 aliphatic heterocycles. The van der Waals surface area contributed by atoms with Gasteiger partial charge in [-0.1, -0.05) is 6.07 Å². The molecule has 0 aliphatic carbocycles. The lowest BCUT2D eigenvalue weighted by molar-refractivity contribution is 0.110. The van der Waals surface area contributed by atoms with Crippen molar-refractivity contribution < 1.29 is 13.2 Å². The maximum Gasteiger partial charge on any atom is 0.232 e. The van der Waals surface area contributed by atoms with Gasteiger partial charge in [0.1, 0.15) is 11.4 Å². The van der Waals surface area contributed by atoms with Crippen LogP contribution in [0.4, 0.5) is 5.69 Å². The molecule has 1 heterocycles. The number of hydrogen-bond acceptors (Lipinski definition) is 4. The fourth-order valence-electron chi connectivity index (χ4n) is 2.22. The molecule has 0 saturated heterocycles. The van der Waals surface area contributed by atoms with E-state index in [1.54, 1.807) is 0 Å². The summed E-state index contributed by atoms with van der Waals surface area (Å²) in [5, 5.41) is 0. The van der Waals surface area contributed by atoms with Gasteiger partial charge >= 0.3 is 0 Å². The minimum absolute atomic E-state index is 0.310. The summed E-state index contributed by atoms with van der Waals surface area (Å²) in [5.74, 6) is 0.599. The minimum Gasteiger partial charge on any atom is -0.484 e. The molecule has 106 valence electrons. The Morgan fingerprint density at radius 2 is 2.11 bits per heavy atom. The molecule has 0 bridgehead atoms. The molecule has 0 amide bonds. The van der Waals surface area contributed by atoms with E-state index in [4.69, 9.17) is 10.5 Å². The Bertz CT molecular complexity index is 582. The zero-order valence-electron chi connectivity index (χ0n) is 11.5. The average molecular weight is 284 g/mol. The summed E-state index contributed by atoms with van der Waals surface area (Å²) in [5.41, 5.74) is 6.62. The largest absolute Gasteiger partial charge is 0.484 e.